The van der Waals surface area contributed by atoms with Gasteiger partial charge < -0.3 is 5.11 Å². The average Bonchev–Trinajstić information content (AvgIpc) is 2.70. The van der Waals surface area contributed by atoms with Crippen LogP contribution in [0.15, 0.2) is 18.2 Å². The largest absolute Gasteiger partial charge is 0.396 e. The molecule has 1 N–H and O–H groups in total. The van der Waals surface area contributed by atoms with E-state index in [1.165, 1.54) is 12.1 Å². The first kappa shape index (κ1) is 11.8. The minimum atomic E-state index is -0.302. The molecular weight excluding hydrogens is 229 g/mol. The molecule has 0 aliphatic carbocycles. The normalized spacial score (nSPS) is 21.6. The van der Waals surface area contributed by atoms with Crippen molar-refractivity contribution in [2.45, 2.75) is 13.0 Å². The summed E-state index contributed by atoms with van der Waals surface area (Å²) in [4.78, 5) is 2.24. The first-order chi connectivity index (χ1) is 7.69. The van der Waals surface area contributed by atoms with Crippen molar-refractivity contribution in [3.63, 3.8) is 0 Å². The van der Waals surface area contributed by atoms with Gasteiger partial charge in [-0.1, -0.05) is 17.7 Å². The lowest BCUT2D eigenvalue weighted by atomic mass is 10.1. The number of nitrogens with zero attached hydrogens (tertiary/aromatic N) is 1. The molecule has 1 fully saturated rings. The van der Waals surface area contributed by atoms with Gasteiger partial charge in [0.25, 0.3) is 0 Å². The molecule has 2 nitrogen and oxygen atoms in total. The van der Waals surface area contributed by atoms with Gasteiger partial charge in [0, 0.05) is 24.7 Å². The van der Waals surface area contributed by atoms with Crippen LogP contribution in [0.1, 0.15) is 12.0 Å². The van der Waals surface area contributed by atoms with Gasteiger partial charge in [0.2, 0.25) is 0 Å². The lowest BCUT2D eigenvalue weighted by Crippen LogP contribution is -2.21. The third-order valence-corrected chi connectivity index (χ3v) is 3.39. The molecule has 2 rings (SSSR count). The number of hydrogen-bond acceptors (Lipinski definition) is 2. The quantitative estimate of drug-likeness (QED) is 0.881. The number of aliphatic hydroxyl groups is 1. The van der Waals surface area contributed by atoms with Crippen molar-refractivity contribution in [3.8, 4) is 0 Å². The molecule has 0 radical (unpaired) electrons. The van der Waals surface area contributed by atoms with Crippen LogP contribution in [0.3, 0.4) is 0 Å². The Hall–Kier alpha value is -0.640. The zero-order valence-electron chi connectivity index (χ0n) is 9.00. The zero-order valence-corrected chi connectivity index (χ0v) is 9.75. The molecule has 1 aliphatic heterocycles. The highest BCUT2D eigenvalue weighted by Crippen LogP contribution is 2.22. The van der Waals surface area contributed by atoms with Crippen molar-refractivity contribution in [3.05, 3.63) is 34.6 Å². The van der Waals surface area contributed by atoms with Crippen molar-refractivity contribution in [2.24, 2.45) is 5.92 Å². The first-order valence-electron chi connectivity index (χ1n) is 5.46. The summed E-state index contributed by atoms with van der Waals surface area (Å²) in [5, 5.41) is 9.52. The van der Waals surface area contributed by atoms with Crippen LogP contribution in [0.5, 0.6) is 0 Å². The van der Waals surface area contributed by atoms with E-state index < -0.39 is 0 Å². The van der Waals surface area contributed by atoms with Gasteiger partial charge in [-0.2, -0.15) is 0 Å². The molecule has 88 valence electrons. The number of likely N-dealkylation sites (tertiary alicyclic amines) is 1. The summed E-state index contributed by atoms with van der Waals surface area (Å²) in [6.45, 7) is 2.84. The molecule has 1 aliphatic rings. The molecule has 0 saturated carbocycles. The molecule has 16 heavy (non-hydrogen) atoms. The monoisotopic (exact) mass is 243 g/mol. The van der Waals surface area contributed by atoms with Crippen LogP contribution >= 0.6 is 11.6 Å². The molecule has 1 saturated heterocycles. The van der Waals surface area contributed by atoms with E-state index in [4.69, 9.17) is 16.7 Å². The molecule has 0 aromatic heterocycles. The molecule has 1 atom stereocenters. The standard InChI is InChI=1S/C12H15ClFNO/c13-12-5-11(14)2-1-10(12)7-15-4-3-9(6-15)8-16/h1-2,5,9,16H,3-4,6-8H2. The van der Waals surface area contributed by atoms with Crippen molar-refractivity contribution >= 4 is 11.6 Å². The van der Waals surface area contributed by atoms with Crippen molar-refractivity contribution in [1.82, 2.24) is 4.90 Å². The topological polar surface area (TPSA) is 23.5 Å². The summed E-state index contributed by atoms with van der Waals surface area (Å²) in [5.41, 5.74) is 0.946. The Labute approximate surface area is 99.6 Å². The van der Waals surface area contributed by atoms with Crippen LogP contribution in [-0.4, -0.2) is 29.7 Å². The molecule has 1 aromatic carbocycles. The summed E-state index contributed by atoms with van der Waals surface area (Å²) in [6, 6.07) is 4.50. The van der Waals surface area contributed by atoms with Gasteiger partial charge in [0.15, 0.2) is 0 Å². The molecule has 1 unspecified atom stereocenters. The smallest absolute Gasteiger partial charge is 0.124 e. The zero-order chi connectivity index (χ0) is 11.5. The fourth-order valence-electron chi connectivity index (χ4n) is 2.10. The number of hydrogen-bond donors (Lipinski definition) is 1. The van der Waals surface area contributed by atoms with Crippen LogP contribution in [0.25, 0.3) is 0 Å². The number of aliphatic hydroxyl groups excluding tert-OH is 1. The average molecular weight is 244 g/mol. The highest BCUT2D eigenvalue weighted by atomic mass is 35.5. The van der Waals surface area contributed by atoms with Crippen LogP contribution < -0.4 is 0 Å². The molecule has 0 spiro atoms. The van der Waals surface area contributed by atoms with Crippen molar-refractivity contribution < 1.29 is 9.50 Å². The summed E-state index contributed by atoms with van der Waals surface area (Å²) >= 11 is 5.96. The maximum absolute atomic E-state index is 12.8. The van der Waals surface area contributed by atoms with E-state index in [9.17, 15) is 4.39 Å². The molecule has 4 heteroatoms. The van der Waals surface area contributed by atoms with E-state index in [2.05, 4.69) is 4.90 Å². The van der Waals surface area contributed by atoms with E-state index in [0.717, 1.165) is 31.6 Å². The maximum Gasteiger partial charge on any atom is 0.124 e. The molecule has 0 bridgehead atoms. The predicted molar refractivity (Wildman–Crippen MR) is 61.9 cm³/mol. The second kappa shape index (κ2) is 5.13. The second-order valence-electron chi connectivity index (χ2n) is 4.31. The Kier molecular flexibility index (Phi) is 3.79. The van der Waals surface area contributed by atoms with E-state index in [1.807, 2.05) is 0 Å². The van der Waals surface area contributed by atoms with Gasteiger partial charge in [-0.15, -0.1) is 0 Å². The second-order valence-corrected chi connectivity index (χ2v) is 4.72. The third-order valence-electron chi connectivity index (χ3n) is 3.04. The fraction of sp³-hybridized carbons (Fsp3) is 0.500. The maximum atomic E-state index is 12.8. The van der Waals surface area contributed by atoms with Gasteiger partial charge in [-0.05, 0) is 36.6 Å². The fourth-order valence-corrected chi connectivity index (χ4v) is 2.32. The first-order valence-corrected chi connectivity index (χ1v) is 5.84. The van der Waals surface area contributed by atoms with Gasteiger partial charge >= 0.3 is 0 Å². The van der Waals surface area contributed by atoms with Crippen LogP contribution in [0, 0.1) is 11.7 Å². The number of halogens is 2. The minimum absolute atomic E-state index is 0.244. The van der Waals surface area contributed by atoms with E-state index in [-0.39, 0.29) is 12.4 Å². The molecule has 1 aromatic rings. The Morgan fingerprint density at radius 3 is 2.94 bits per heavy atom. The van der Waals surface area contributed by atoms with Gasteiger partial charge in [0.05, 0.1) is 0 Å². The minimum Gasteiger partial charge on any atom is -0.396 e. The van der Waals surface area contributed by atoms with Crippen molar-refractivity contribution in [1.29, 1.82) is 0 Å². The molecular formula is C12H15ClFNO. The van der Waals surface area contributed by atoms with Crippen LogP contribution in [0.2, 0.25) is 5.02 Å². The summed E-state index contributed by atoms with van der Waals surface area (Å²) in [7, 11) is 0. The van der Waals surface area contributed by atoms with Crippen LogP contribution in [0.4, 0.5) is 4.39 Å². The van der Waals surface area contributed by atoms with Gasteiger partial charge in [-0.25, -0.2) is 4.39 Å². The summed E-state index contributed by atoms with van der Waals surface area (Å²) in [5.74, 6) is 0.0719. The highest BCUT2D eigenvalue weighted by molar-refractivity contribution is 6.31. The lowest BCUT2D eigenvalue weighted by molar-refractivity contribution is 0.220. The van der Waals surface area contributed by atoms with Gasteiger partial charge in [0.1, 0.15) is 5.82 Å². The SMILES string of the molecule is OCC1CCN(Cc2ccc(F)cc2Cl)C1. The summed E-state index contributed by atoms with van der Waals surface area (Å²) in [6.07, 6.45) is 1.02. The Balaban J connectivity index is 1.99. The summed E-state index contributed by atoms with van der Waals surface area (Å²) < 4.78 is 12.8. The molecule has 0 amide bonds. The van der Waals surface area contributed by atoms with Crippen LogP contribution in [-0.2, 0) is 6.54 Å². The number of benzene rings is 1. The third kappa shape index (κ3) is 2.73. The Morgan fingerprint density at radius 1 is 1.50 bits per heavy atom. The van der Waals surface area contributed by atoms with E-state index in [1.54, 1.807) is 6.07 Å². The van der Waals surface area contributed by atoms with Crippen molar-refractivity contribution in [2.75, 3.05) is 19.7 Å². The lowest BCUT2D eigenvalue weighted by Gasteiger charge is -2.16. The van der Waals surface area contributed by atoms with E-state index >= 15 is 0 Å². The predicted octanol–water partition coefficient (Wildman–Crippen LogP) is 2.29. The highest BCUT2D eigenvalue weighted by Gasteiger charge is 2.22. The van der Waals surface area contributed by atoms with E-state index in [0.29, 0.717) is 10.9 Å². The van der Waals surface area contributed by atoms with Gasteiger partial charge in [-0.3, -0.25) is 4.90 Å². The number of rotatable bonds is 3. The Bertz CT molecular complexity index is 372. The Morgan fingerprint density at radius 2 is 2.31 bits per heavy atom. The molecule has 1 heterocycles.